The molecule has 2 aromatic rings. The van der Waals surface area contributed by atoms with Crippen LogP contribution in [0.4, 0.5) is 0 Å². The van der Waals surface area contributed by atoms with Gasteiger partial charge in [-0.05, 0) is 30.7 Å². The Balaban J connectivity index is 2.35. The predicted octanol–water partition coefficient (Wildman–Crippen LogP) is 3.02. The maximum Gasteiger partial charge on any atom is 0.345 e. The second kappa shape index (κ2) is 5.67. The maximum atomic E-state index is 11.6. The first kappa shape index (κ1) is 13.3. The van der Waals surface area contributed by atoms with Crippen LogP contribution in [0.5, 0.6) is 11.6 Å². The first-order chi connectivity index (χ1) is 9.11. The van der Waals surface area contributed by atoms with Gasteiger partial charge in [0.1, 0.15) is 17.6 Å². The molecule has 2 rings (SSSR count). The van der Waals surface area contributed by atoms with Gasteiger partial charge in [-0.2, -0.15) is 0 Å². The molecule has 0 unspecified atom stereocenters. The Morgan fingerprint density at radius 2 is 2.16 bits per heavy atom. The number of carbonyl (C=O) groups is 1. The quantitative estimate of drug-likeness (QED) is 0.808. The van der Waals surface area contributed by atoms with Crippen molar-refractivity contribution in [2.75, 3.05) is 7.11 Å². The third-order valence-electron chi connectivity index (χ3n) is 2.42. The number of aromatic nitrogens is 2. The molecule has 0 radical (unpaired) electrons. The van der Waals surface area contributed by atoms with E-state index in [4.69, 9.17) is 16.3 Å². The number of ether oxygens (including phenoxy) is 2. The molecule has 0 saturated carbocycles. The van der Waals surface area contributed by atoms with Gasteiger partial charge in [-0.3, -0.25) is 0 Å². The zero-order chi connectivity index (χ0) is 13.8. The van der Waals surface area contributed by atoms with Crippen LogP contribution in [-0.4, -0.2) is 23.0 Å². The van der Waals surface area contributed by atoms with Crippen molar-refractivity contribution in [2.24, 2.45) is 0 Å². The van der Waals surface area contributed by atoms with Crippen molar-refractivity contribution in [1.82, 2.24) is 9.97 Å². The van der Waals surface area contributed by atoms with Gasteiger partial charge in [-0.1, -0.05) is 11.6 Å². The third-order valence-corrected chi connectivity index (χ3v) is 2.66. The average Bonchev–Trinajstić information content (AvgIpc) is 2.41. The molecule has 0 bridgehead atoms. The van der Waals surface area contributed by atoms with Gasteiger partial charge in [-0.15, -0.1) is 0 Å². The van der Waals surface area contributed by atoms with E-state index in [1.807, 2.05) is 6.92 Å². The van der Waals surface area contributed by atoms with E-state index in [2.05, 4.69) is 14.7 Å². The fourth-order valence-electron chi connectivity index (χ4n) is 1.48. The van der Waals surface area contributed by atoms with E-state index in [9.17, 15) is 4.79 Å². The van der Waals surface area contributed by atoms with Crippen molar-refractivity contribution >= 4 is 17.6 Å². The lowest BCUT2D eigenvalue weighted by Gasteiger charge is -2.10. The van der Waals surface area contributed by atoms with Crippen molar-refractivity contribution < 1.29 is 14.3 Å². The third kappa shape index (κ3) is 3.00. The lowest BCUT2D eigenvalue weighted by molar-refractivity contribution is 0.0596. The van der Waals surface area contributed by atoms with Crippen molar-refractivity contribution in [3.8, 4) is 11.6 Å². The summed E-state index contributed by atoms with van der Waals surface area (Å²) < 4.78 is 10.3. The van der Waals surface area contributed by atoms with Gasteiger partial charge >= 0.3 is 5.97 Å². The Bertz CT molecular complexity index is 617. The van der Waals surface area contributed by atoms with Crippen LogP contribution in [0.25, 0.3) is 0 Å². The molecule has 0 aliphatic heterocycles. The summed E-state index contributed by atoms with van der Waals surface area (Å²) in [5.41, 5.74) is 1.00. The topological polar surface area (TPSA) is 61.3 Å². The molecule has 1 aromatic heterocycles. The number of methoxy groups -OCH3 is 1. The number of esters is 1. The van der Waals surface area contributed by atoms with Crippen LogP contribution >= 0.6 is 11.6 Å². The molecule has 0 amide bonds. The van der Waals surface area contributed by atoms with E-state index in [1.165, 1.54) is 19.6 Å². The Morgan fingerprint density at radius 3 is 2.84 bits per heavy atom. The fourth-order valence-corrected chi connectivity index (χ4v) is 1.71. The van der Waals surface area contributed by atoms with Crippen LogP contribution in [0.15, 0.2) is 30.7 Å². The minimum atomic E-state index is -0.554. The molecule has 98 valence electrons. The molecule has 0 spiro atoms. The van der Waals surface area contributed by atoms with Gasteiger partial charge in [0.15, 0.2) is 0 Å². The smallest absolute Gasteiger partial charge is 0.345 e. The summed E-state index contributed by atoms with van der Waals surface area (Å²) in [4.78, 5) is 19.3. The van der Waals surface area contributed by atoms with Crippen LogP contribution in [0.3, 0.4) is 0 Å². The minimum Gasteiger partial charge on any atom is -0.465 e. The molecule has 1 aromatic carbocycles. The van der Waals surface area contributed by atoms with Crippen molar-refractivity contribution in [2.45, 2.75) is 6.92 Å². The number of rotatable bonds is 3. The van der Waals surface area contributed by atoms with E-state index in [0.29, 0.717) is 10.8 Å². The number of benzene rings is 1. The molecule has 0 fully saturated rings. The fraction of sp³-hybridized carbons (Fsp3) is 0.154. The number of hydrogen-bond acceptors (Lipinski definition) is 5. The second-order valence-corrected chi connectivity index (χ2v) is 4.18. The molecular weight excluding hydrogens is 268 g/mol. The summed E-state index contributed by atoms with van der Waals surface area (Å²) in [7, 11) is 1.28. The molecule has 6 heteroatoms. The van der Waals surface area contributed by atoms with Crippen LogP contribution < -0.4 is 4.74 Å². The monoisotopic (exact) mass is 278 g/mol. The lowest BCUT2D eigenvalue weighted by Crippen LogP contribution is -2.06. The average molecular weight is 279 g/mol. The normalized spacial score (nSPS) is 10.1. The SMILES string of the molecule is COC(=O)c1cncnc1Oc1ccc(Cl)cc1C. The highest BCUT2D eigenvalue weighted by Crippen LogP contribution is 2.27. The maximum absolute atomic E-state index is 11.6. The largest absolute Gasteiger partial charge is 0.465 e. The van der Waals surface area contributed by atoms with Gasteiger partial charge in [0, 0.05) is 11.2 Å². The van der Waals surface area contributed by atoms with Gasteiger partial charge in [0.2, 0.25) is 5.88 Å². The van der Waals surface area contributed by atoms with Gasteiger partial charge in [-0.25, -0.2) is 14.8 Å². The Hall–Kier alpha value is -2.14. The van der Waals surface area contributed by atoms with Crippen LogP contribution in [0.1, 0.15) is 15.9 Å². The summed E-state index contributed by atoms with van der Waals surface area (Å²) in [6.07, 6.45) is 2.65. The first-order valence-electron chi connectivity index (χ1n) is 5.44. The highest BCUT2D eigenvalue weighted by atomic mass is 35.5. The minimum absolute atomic E-state index is 0.146. The molecule has 0 aliphatic carbocycles. The van der Waals surface area contributed by atoms with E-state index in [1.54, 1.807) is 18.2 Å². The first-order valence-corrected chi connectivity index (χ1v) is 5.82. The zero-order valence-electron chi connectivity index (χ0n) is 10.4. The Morgan fingerprint density at radius 1 is 1.37 bits per heavy atom. The molecule has 0 aliphatic rings. The van der Waals surface area contributed by atoms with E-state index in [-0.39, 0.29) is 11.4 Å². The predicted molar refractivity (Wildman–Crippen MR) is 69.6 cm³/mol. The number of hydrogen-bond donors (Lipinski definition) is 0. The zero-order valence-corrected chi connectivity index (χ0v) is 11.1. The molecule has 0 N–H and O–H groups in total. The van der Waals surface area contributed by atoms with Crippen molar-refractivity contribution in [1.29, 1.82) is 0 Å². The summed E-state index contributed by atoms with van der Waals surface area (Å²) in [6, 6.07) is 5.17. The lowest BCUT2D eigenvalue weighted by atomic mass is 10.2. The summed E-state index contributed by atoms with van der Waals surface area (Å²) in [5.74, 6) is 0.155. The van der Waals surface area contributed by atoms with E-state index < -0.39 is 5.97 Å². The number of halogens is 1. The highest BCUT2D eigenvalue weighted by molar-refractivity contribution is 6.30. The van der Waals surface area contributed by atoms with Gasteiger partial charge in [0.05, 0.1) is 7.11 Å². The standard InChI is InChI=1S/C13H11ClN2O3/c1-8-5-9(14)3-4-11(8)19-12-10(13(17)18-2)6-15-7-16-12/h3-7H,1-2H3. The van der Waals surface area contributed by atoms with Crippen LogP contribution in [-0.2, 0) is 4.74 Å². The van der Waals surface area contributed by atoms with E-state index in [0.717, 1.165) is 5.56 Å². The van der Waals surface area contributed by atoms with E-state index >= 15 is 0 Å². The summed E-state index contributed by atoms with van der Waals surface area (Å²) >= 11 is 5.87. The second-order valence-electron chi connectivity index (χ2n) is 3.75. The van der Waals surface area contributed by atoms with Crippen molar-refractivity contribution in [3.05, 3.63) is 46.9 Å². The number of aryl methyl sites for hydroxylation is 1. The van der Waals surface area contributed by atoms with Crippen molar-refractivity contribution in [3.63, 3.8) is 0 Å². The molecule has 5 nitrogen and oxygen atoms in total. The summed E-state index contributed by atoms with van der Waals surface area (Å²) in [5, 5.41) is 0.612. The van der Waals surface area contributed by atoms with Crippen LogP contribution in [0.2, 0.25) is 5.02 Å². The molecular formula is C13H11ClN2O3. The Kier molecular flexibility index (Phi) is 3.97. The molecule has 1 heterocycles. The number of nitrogens with zero attached hydrogens (tertiary/aromatic N) is 2. The van der Waals surface area contributed by atoms with Gasteiger partial charge in [0.25, 0.3) is 0 Å². The van der Waals surface area contributed by atoms with Crippen LogP contribution in [0, 0.1) is 6.92 Å². The molecule has 0 saturated heterocycles. The molecule has 0 atom stereocenters. The Labute approximate surface area is 115 Å². The molecule has 19 heavy (non-hydrogen) atoms. The summed E-state index contributed by atoms with van der Waals surface area (Å²) in [6.45, 7) is 1.85. The highest BCUT2D eigenvalue weighted by Gasteiger charge is 2.16. The number of carbonyl (C=O) groups excluding carboxylic acids is 1. The van der Waals surface area contributed by atoms with Gasteiger partial charge < -0.3 is 9.47 Å².